The van der Waals surface area contributed by atoms with E-state index in [4.69, 9.17) is 5.11 Å². The molecule has 1 aromatic rings. The van der Waals surface area contributed by atoms with Gasteiger partial charge in [-0.15, -0.1) is 11.3 Å². The Labute approximate surface area is 124 Å². The molecule has 1 atom stereocenters. The highest BCUT2D eigenvalue weighted by Gasteiger charge is 2.26. The highest BCUT2D eigenvalue weighted by molar-refractivity contribution is 7.11. The highest BCUT2D eigenvalue weighted by atomic mass is 32.1. The Hall–Kier alpha value is -1.14. The molecule has 2 N–H and O–H groups in total. The van der Waals surface area contributed by atoms with Gasteiger partial charge in [-0.3, -0.25) is 0 Å². The van der Waals surface area contributed by atoms with Crippen LogP contribution in [0.4, 0.5) is 4.79 Å². The Kier molecular flexibility index (Phi) is 5.37. The molecule has 2 amide bonds. The first-order chi connectivity index (χ1) is 9.61. The lowest BCUT2D eigenvalue weighted by Gasteiger charge is -2.35. The third kappa shape index (κ3) is 3.70. The van der Waals surface area contributed by atoms with Gasteiger partial charge >= 0.3 is 6.03 Å². The molecule has 2 rings (SSSR count). The molecule has 5 nitrogen and oxygen atoms in total. The van der Waals surface area contributed by atoms with E-state index in [-0.39, 0.29) is 18.7 Å². The molecule has 0 spiro atoms. The fourth-order valence-corrected chi connectivity index (χ4v) is 3.59. The number of carbonyl (C=O) groups is 1. The third-order valence-electron chi connectivity index (χ3n) is 3.75. The molecule has 0 saturated carbocycles. The van der Waals surface area contributed by atoms with E-state index >= 15 is 0 Å². The quantitative estimate of drug-likeness (QED) is 0.895. The number of aryl methyl sites for hydroxylation is 2. The number of amides is 2. The zero-order valence-electron chi connectivity index (χ0n) is 12.2. The van der Waals surface area contributed by atoms with Crippen LogP contribution in [0.15, 0.2) is 0 Å². The summed E-state index contributed by atoms with van der Waals surface area (Å²) < 4.78 is 0. The number of carbonyl (C=O) groups excluding carboxylic acids is 1. The average molecular weight is 297 g/mol. The Bertz CT molecular complexity index is 459. The van der Waals surface area contributed by atoms with Crippen LogP contribution >= 0.6 is 11.3 Å². The van der Waals surface area contributed by atoms with E-state index in [1.807, 2.05) is 18.7 Å². The molecule has 0 aliphatic carbocycles. The molecule has 1 fully saturated rings. The predicted molar refractivity (Wildman–Crippen MR) is 79.9 cm³/mol. The van der Waals surface area contributed by atoms with Gasteiger partial charge in [0.15, 0.2) is 0 Å². The molecular formula is C14H23N3O2S. The molecule has 1 unspecified atom stereocenters. The number of rotatable bonds is 4. The van der Waals surface area contributed by atoms with Crippen molar-refractivity contribution < 1.29 is 9.90 Å². The maximum absolute atomic E-state index is 12.3. The zero-order valence-corrected chi connectivity index (χ0v) is 13.0. The first-order valence-electron chi connectivity index (χ1n) is 7.20. The van der Waals surface area contributed by atoms with Gasteiger partial charge in [0.05, 0.1) is 17.2 Å². The zero-order chi connectivity index (χ0) is 14.5. The summed E-state index contributed by atoms with van der Waals surface area (Å²) in [6.45, 7) is 5.42. The van der Waals surface area contributed by atoms with Crippen LogP contribution in [0.1, 0.15) is 41.3 Å². The second-order valence-electron chi connectivity index (χ2n) is 5.26. The SMILES string of the molecule is Cc1nc(C)c(CNC(=O)N2CCCCC2CCO)s1. The number of aromatic nitrogens is 1. The van der Waals surface area contributed by atoms with Crippen LogP contribution in [0.2, 0.25) is 0 Å². The smallest absolute Gasteiger partial charge is 0.317 e. The summed E-state index contributed by atoms with van der Waals surface area (Å²) in [5, 5.41) is 13.1. The molecule has 112 valence electrons. The van der Waals surface area contributed by atoms with Crippen molar-refractivity contribution in [1.29, 1.82) is 0 Å². The summed E-state index contributed by atoms with van der Waals surface area (Å²) in [4.78, 5) is 19.7. The van der Waals surface area contributed by atoms with Gasteiger partial charge in [0.2, 0.25) is 0 Å². The first-order valence-corrected chi connectivity index (χ1v) is 8.01. The molecule has 1 aliphatic heterocycles. The number of nitrogens with zero attached hydrogens (tertiary/aromatic N) is 2. The molecule has 1 aromatic heterocycles. The second-order valence-corrected chi connectivity index (χ2v) is 6.54. The monoisotopic (exact) mass is 297 g/mol. The van der Waals surface area contributed by atoms with Crippen molar-refractivity contribution >= 4 is 17.4 Å². The summed E-state index contributed by atoms with van der Waals surface area (Å²) in [6, 6.07) is 0.159. The number of aliphatic hydroxyl groups is 1. The summed E-state index contributed by atoms with van der Waals surface area (Å²) in [6.07, 6.45) is 3.86. The van der Waals surface area contributed by atoms with E-state index in [2.05, 4.69) is 10.3 Å². The van der Waals surface area contributed by atoms with Crippen LogP contribution in [0.25, 0.3) is 0 Å². The fraction of sp³-hybridized carbons (Fsp3) is 0.714. The van der Waals surface area contributed by atoms with Crippen molar-refractivity contribution in [2.24, 2.45) is 0 Å². The maximum Gasteiger partial charge on any atom is 0.317 e. The van der Waals surface area contributed by atoms with Crippen molar-refractivity contribution in [3.8, 4) is 0 Å². The van der Waals surface area contributed by atoms with Crippen molar-refractivity contribution in [1.82, 2.24) is 15.2 Å². The van der Waals surface area contributed by atoms with Crippen LogP contribution in [0.3, 0.4) is 0 Å². The molecule has 20 heavy (non-hydrogen) atoms. The third-order valence-corrected chi connectivity index (χ3v) is 4.82. The van der Waals surface area contributed by atoms with Crippen molar-refractivity contribution in [2.45, 2.75) is 52.1 Å². The summed E-state index contributed by atoms with van der Waals surface area (Å²) in [5.74, 6) is 0. The number of piperidine rings is 1. The Morgan fingerprint density at radius 2 is 2.30 bits per heavy atom. The first kappa shape index (κ1) is 15.3. The molecule has 6 heteroatoms. The minimum atomic E-state index is -0.0198. The number of aliphatic hydroxyl groups excluding tert-OH is 1. The van der Waals surface area contributed by atoms with E-state index in [0.29, 0.717) is 13.0 Å². The normalized spacial score (nSPS) is 19.1. The predicted octanol–water partition coefficient (Wildman–Crippen LogP) is 2.21. The van der Waals surface area contributed by atoms with Crippen LogP contribution in [-0.2, 0) is 6.54 Å². The van der Waals surface area contributed by atoms with E-state index in [0.717, 1.165) is 41.4 Å². The molecular weight excluding hydrogens is 274 g/mol. The number of thiazole rings is 1. The summed E-state index contributed by atoms with van der Waals surface area (Å²) >= 11 is 1.63. The number of urea groups is 1. The fourth-order valence-electron chi connectivity index (χ4n) is 2.71. The number of likely N-dealkylation sites (tertiary alicyclic amines) is 1. The second kappa shape index (κ2) is 7.04. The van der Waals surface area contributed by atoms with E-state index in [1.165, 1.54) is 0 Å². The molecule has 2 heterocycles. The topological polar surface area (TPSA) is 65.5 Å². The van der Waals surface area contributed by atoms with Gasteiger partial charge < -0.3 is 15.3 Å². The largest absolute Gasteiger partial charge is 0.396 e. The summed E-state index contributed by atoms with van der Waals surface area (Å²) in [7, 11) is 0. The Morgan fingerprint density at radius 3 is 2.95 bits per heavy atom. The van der Waals surface area contributed by atoms with Crippen molar-refractivity contribution in [3.63, 3.8) is 0 Å². The molecule has 0 radical (unpaired) electrons. The molecule has 0 aromatic carbocycles. The lowest BCUT2D eigenvalue weighted by atomic mass is 10.0. The van der Waals surface area contributed by atoms with Crippen LogP contribution in [-0.4, -0.2) is 40.2 Å². The van der Waals surface area contributed by atoms with Crippen LogP contribution in [0.5, 0.6) is 0 Å². The Balaban J connectivity index is 1.91. The van der Waals surface area contributed by atoms with Crippen molar-refractivity contribution in [3.05, 3.63) is 15.6 Å². The number of hydrogen-bond acceptors (Lipinski definition) is 4. The van der Waals surface area contributed by atoms with E-state index in [1.54, 1.807) is 11.3 Å². The standard InChI is InChI=1S/C14H23N3O2S/c1-10-13(20-11(2)16-10)9-15-14(19)17-7-4-3-5-12(17)6-8-18/h12,18H,3-9H2,1-2H3,(H,15,19). The molecule has 1 aliphatic rings. The van der Waals surface area contributed by atoms with Gasteiger partial charge in [0.1, 0.15) is 0 Å². The van der Waals surface area contributed by atoms with Gasteiger partial charge in [0.25, 0.3) is 0 Å². The lowest BCUT2D eigenvalue weighted by Crippen LogP contribution is -2.48. The number of nitrogens with one attached hydrogen (secondary N) is 1. The highest BCUT2D eigenvalue weighted by Crippen LogP contribution is 2.20. The average Bonchev–Trinajstić information content (AvgIpc) is 2.75. The number of hydrogen-bond donors (Lipinski definition) is 2. The molecule has 0 bridgehead atoms. The van der Waals surface area contributed by atoms with E-state index < -0.39 is 0 Å². The minimum Gasteiger partial charge on any atom is -0.396 e. The summed E-state index contributed by atoms with van der Waals surface area (Å²) in [5.41, 5.74) is 0.998. The molecule has 1 saturated heterocycles. The Morgan fingerprint density at radius 1 is 1.50 bits per heavy atom. The van der Waals surface area contributed by atoms with Gasteiger partial charge in [0, 0.05) is 24.1 Å². The lowest BCUT2D eigenvalue weighted by molar-refractivity contribution is 0.131. The van der Waals surface area contributed by atoms with Crippen molar-refractivity contribution in [2.75, 3.05) is 13.2 Å². The maximum atomic E-state index is 12.3. The van der Waals surface area contributed by atoms with Gasteiger partial charge in [-0.1, -0.05) is 0 Å². The van der Waals surface area contributed by atoms with Gasteiger partial charge in [-0.25, -0.2) is 9.78 Å². The van der Waals surface area contributed by atoms with E-state index in [9.17, 15) is 4.79 Å². The van der Waals surface area contributed by atoms with Crippen LogP contribution in [0, 0.1) is 13.8 Å². The van der Waals surface area contributed by atoms with Gasteiger partial charge in [-0.05, 0) is 39.5 Å². The minimum absolute atomic E-state index is 0.0198. The van der Waals surface area contributed by atoms with Gasteiger partial charge in [-0.2, -0.15) is 0 Å². The van der Waals surface area contributed by atoms with Crippen LogP contribution < -0.4 is 5.32 Å².